The van der Waals surface area contributed by atoms with Crippen LogP contribution in [0.3, 0.4) is 0 Å². The van der Waals surface area contributed by atoms with E-state index in [-0.39, 0.29) is 0 Å². The van der Waals surface area contributed by atoms with Crippen molar-refractivity contribution in [2.24, 2.45) is 0 Å². The van der Waals surface area contributed by atoms with Gasteiger partial charge < -0.3 is 5.32 Å². The summed E-state index contributed by atoms with van der Waals surface area (Å²) in [7, 11) is 0. The molecule has 2 rings (SSSR count). The maximum absolute atomic E-state index is 3.75. The number of halogens is 1. The molecule has 0 spiro atoms. The Morgan fingerprint density at radius 3 is 2.83 bits per heavy atom. The van der Waals surface area contributed by atoms with Crippen LogP contribution in [0.1, 0.15) is 57.4 Å². The lowest BCUT2D eigenvalue weighted by atomic mass is 9.75. The molecule has 1 atom stereocenters. The quantitative estimate of drug-likeness (QED) is 0.791. The molecule has 1 N–H and O–H groups in total. The highest BCUT2D eigenvalue weighted by atomic mass is 79.9. The molecule has 0 aliphatic heterocycles. The van der Waals surface area contributed by atoms with E-state index < -0.39 is 0 Å². The first-order chi connectivity index (χ1) is 8.69. The Balaban J connectivity index is 1.73. The minimum atomic E-state index is 0.679. The summed E-state index contributed by atoms with van der Waals surface area (Å²) in [5.41, 5.74) is 1.49. The normalized spacial score (nSPS) is 24.6. The molecule has 1 fully saturated rings. The molecule has 1 aliphatic carbocycles. The Labute approximate surface area is 119 Å². The molecule has 1 saturated carbocycles. The van der Waals surface area contributed by atoms with Crippen LogP contribution in [0.25, 0.3) is 0 Å². The van der Waals surface area contributed by atoms with Crippen LogP contribution in [0.2, 0.25) is 0 Å². The maximum Gasteiger partial charge on any atom is 0.0178 e. The number of unbranched alkanes of at least 4 members (excludes halogenated alkanes) is 1. The maximum atomic E-state index is 3.75. The van der Waals surface area contributed by atoms with E-state index in [4.69, 9.17) is 0 Å². The van der Waals surface area contributed by atoms with E-state index in [0.29, 0.717) is 6.04 Å². The molecular formula is C16H24BrN. The summed E-state index contributed by atoms with van der Waals surface area (Å²) < 4.78 is 1.20. The van der Waals surface area contributed by atoms with E-state index in [2.05, 4.69) is 59.4 Å². The fraction of sp³-hybridized carbons (Fsp3) is 0.625. The highest BCUT2D eigenvalue weighted by Gasteiger charge is 2.30. The smallest absolute Gasteiger partial charge is 0.0178 e. The van der Waals surface area contributed by atoms with Gasteiger partial charge in [-0.05, 0) is 49.8 Å². The number of benzene rings is 1. The van der Waals surface area contributed by atoms with Gasteiger partial charge in [-0.3, -0.25) is 0 Å². The SMILES string of the molecule is CCCCC(C)NC1CC(c2cccc(Br)c2)C1. The molecule has 0 bridgehead atoms. The van der Waals surface area contributed by atoms with Crippen molar-refractivity contribution in [3.8, 4) is 0 Å². The first-order valence-electron chi connectivity index (χ1n) is 7.20. The molecular weight excluding hydrogens is 286 g/mol. The van der Waals surface area contributed by atoms with Gasteiger partial charge in [0.15, 0.2) is 0 Å². The molecule has 1 aromatic rings. The third-order valence-corrected chi connectivity index (χ3v) is 4.46. The summed E-state index contributed by atoms with van der Waals surface area (Å²) in [6.45, 7) is 4.58. The van der Waals surface area contributed by atoms with E-state index in [1.54, 1.807) is 0 Å². The number of nitrogens with one attached hydrogen (secondary N) is 1. The summed E-state index contributed by atoms with van der Waals surface area (Å²) in [6.07, 6.45) is 6.56. The third kappa shape index (κ3) is 3.83. The van der Waals surface area contributed by atoms with Crippen molar-refractivity contribution < 1.29 is 0 Å². The first kappa shape index (κ1) is 14.1. The van der Waals surface area contributed by atoms with Gasteiger partial charge >= 0.3 is 0 Å². The van der Waals surface area contributed by atoms with Crippen molar-refractivity contribution in [3.63, 3.8) is 0 Å². The van der Waals surface area contributed by atoms with Gasteiger partial charge in [-0.2, -0.15) is 0 Å². The molecule has 1 aromatic carbocycles. The average molecular weight is 310 g/mol. The molecule has 0 amide bonds. The van der Waals surface area contributed by atoms with Crippen molar-refractivity contribution >= 4 is 15.9 Å². The van der Waals surface area contributed by atoms with Gasteiger partial charge in [-0.25, -0.2) is 0 Å². The summed E-state index contributed by atoms with van der Waals surface area (Å²) in [5, 5.41) is 3.75. The van der Waals surface area contributed by atoms with Crippen molar-refractivity contribution in [3.05, 3.63) is 34.3 Å². The Bertz CT molecular complexity index is 371. The van der Waals surface area contributed by atoms with Crippen LogP contribution < -0.4 is 5.32 Å². The average Bonchev–Trinajstić information content (AvgIpc) is 2.30. The third-order valence-electron chi connectivity index (χ3n) is 3.97. The van der Waals surface area contributed by atoms with Crippen LogP contribution in [0.5, 0.6) is 0 Å². The van der Waals surface area contributed by atoms with Crippen molar-refractivity contribution in [2.45, 2.75) is 64.0 Å². The van der Waals surface area contributed by atoms with Crippen LogP contribution >= 0.6 is 15.9 Å². The number of rotatable bonds is 6. The van der Waals surface area contributed by atoms with E-state index >= 15 is 0 Å². The van der Waals surface area contributed by atoms with Crippen molar-refractivity contribution in [1.82, 2.24) is 5.32 Å². The Hall–Kier alpha value is -0.340. The zero-order chi connectivity index (χ0) is 13.0. The Morgan fingerprint density at radius 1 is 1.39 bits per heavy atom. The van der Waals surface area contributed by atoms with Gasteiger partial charge in [0.2, 0.25) is 0 Å². The van der Waals surface area contributed by atoms with Crippen molar-refractivity contribution in [2.75, 3.05) is 0 Å². The fourth-order valence-corrected chi connectivity index (χ4v) is 3.20. The predicted octanol–water partition coefficient (Wildman–Crippen LogP) is 4.86. The van der Waals surface area contributed by atoms with Gasteiger partial charge in [0, 0.05) is 16.6 Å². The first-order valence-corrected chi connectivity index (χ1v) is 8.00. The molecule has 2 heteroatoms. The monoisotopic (exact) mass is 309 g/mol. The largest absolute Gasteiger partial charge is 0.311 e. The predicted molar refractivity (Wildman–Crippen MR) is 82.0 cm³/mol. The van der Waals surface area contributed by atoms with Gasteiger partial charge in [-0.15, -0.1) is 0 Å². The second-order valence-corrected chi connectivity index (χ2v) is 6.55. The minimum absolute atomic E-state index is 0.679. The van der Waals surface area contributed by atoms with Crippen LogP contribution in [0.4, 0.5) is 0 Å². The highest BCUT2D eigenvalue weighted by molar-refractivity contribution is 9.10. The summed E-state index contributed by atoms with van der Waals surface area (Å²) in [5.74, 6) is 0.762. The number of hydrogen-bond acceptors (Lipinski definition) is 1. The molecule has 100 valence electrons. The van der Waals surface area contributed by atoms with Gasteiger partial charge in [0.25, 0.3) is 0 Å². The van der Waals surface area contributed by atoms with Crippen LogP contribution in [-0.4, -0.2) is 12.1 Å². The van der Waals surface area contributed by atoms with E-state index in [9.17, 15) is 0 Å². The van der Waals surface area contributed by atoms with E-state index in [1.165, 1.54) is 42.1 Å². The van der Waals surface area contributed by atoms with Gasteiger partial charge in [-0.1, -0.05) is 47.8 Å². The lowest BCUT2D eigenvalue weighted by Gasteiger charge is -2.38. The molecule has 0 heterocycles. The molecule has 18 heavy (non-hydrogen) atoms. The van der Waals surface area contributed by atoms with E-state index in [1.807, 2.05) is 0 Å². The fourth-order valence-electron chi connectivity index (χ4n) is 2.78. The molecule has 1 nitrogen and oxygen atoms in total. The van der Waals surface area contributed by atoms with Crippen LogP contribution in [0.15, 0.2) is 28.7 Å². The molecule has 1 unspecified atom stereocenters. The number of hydrogen-bond donors (Lipinski definition) is 1. The standard InChI is InChI=1S/C16H24BrN/c1-3-4-6-12(2)18-16-10-14(11-16)13-7-5-8-15(17)9-13/h5,7-9,12,14,16,18H,3-4,6,10-11H2,1-2H3. The highest BCUT2D eigenvalue weighted by Crippen LogP contribution is 2.37. The second-order valence-electron chi connectivity index (χ2n) is 5.63. The van der Waals surface area contributed by atoms with Gasteiger partial charge in [0.05, 0.1) is 0 Å². The summed E-state index contributed by atoms with van der Waals surface area (Å²) >= 11 is 3.55. The molecule has 0 radical (unpaired) electrons. The topological polar surface area (TPSA) is 12.0 Å². The zero-order valence-electron chi connectivity index (χ0n) is 11.5. The van der Waals surface area contributed by atoms with E-state index in [0.717, 1.165) is 12.0 Å². The van der Waals surface area contributed by atoms with Crippen LogP contribution in [0, 0.1) is 0 Å². The Kier molecular flexibility index (Phi) is 5.25. The summed E-state index contributed by atoms with van der Waals surface area (Å²) in [4.78, 5) is 0. The lowest BCUT2D eigenvalue weighted by molar-refractivity contribution is 0.263. The van der Waals surface area contributed by atoms with Crippen LogP contribution in [-0.2, 0) is 0 Å². The molecule has 1 aliphatic rings. The second kappa shape index (κ2) is 6.72. The summed E-state index contributed by atoms with van der Waals surface area (Å²) in [6, 6.07) is 10.2. The zero-order valence-corrected chi connectivity index (χ0v) is 13.0. The Morgan fingerprint density at radius 2 is 2.17 bits per heavy atom. The lowest BCUT2D eigenvalue weighted by Crippen LogP contribution is -2.44. The van der Waals surface area contributed by atoms with Gasteiger partial charge in [0.1, 0.15) is 0 Å². The minimum Gasteiger partial charge on any atom is -0.311 e. The molecule has 0 saturated heterocycles. The van der Waals surface area contributed by atoms with Crippen molar-refractivity contribution in [1.29, 1.82) is 0 Å². The molecule has 0 aromatic heterocycles.